The predicted octanol–water partition coefficient (Wildman–Crippen LogP) is 4.69. The van der Waals surface area contributed by atoms with Crippen LogP contribution >= 0.6 is 11.6 Å². The second-order valence-corrected chi connectivity index (χ2v) is 5.12. The molecule has 2 aromatic carbocycles. The summed E-state index contributed by atoms with van der Waals surface area (Å²) in [6.45, 7) is 1.70. The summed E-state index contributed by atoms with van der Waals surface area (Å²) in [5.74, 6) is -0.154. The van der Waals surface area contributed by atoms with Crippen LogP contribution < -0.4 is 5.73 Å². The van der Waals surface area contributed by atoms with Crippen LogP contribution in [0.2, 0.25) is 5.02 Å². The maximum absolute atomic E-state index is 13.8. The van der Waals surface area contributed by atoms with Gasteiger partial charge in [-0.25, -0.2) is 4.39 Å². The van der Waals surface area contributed by atoms with Crippen molar-refractivity contribution < 1.29 is 8.91 Å². The second-order valence-electron chi connectivity index (χ2n) is 4.71. The van der Waals surface area contributed by atoms with Crippen molar-refractivity contribution in [3.05, 3.63) is 58.9 Å². The molecule has 3 rings (SSSR count). The molecule has 0 radical (unpaired) electrons. The summed E-state index contributed by atoms with van der Waals surface area (Å²) in [4.78, 5) is 0. The maximum atomic E-state index is 13.8. The Balaban J connectivity index is 2.22. The largest absolute Gasteiger partial charge is 0.367 e. The molecule has 21 heavy (non-hydrogen) atoms. The summed E-state index contributed by atoms with van der Waals surface area (Å²) >= 11 is 6.20. The highest BCUT2D eigenvalue weighted by Crippen LogP contribution is 2.39. The highest BCUT2D eigenvalue weighted by atomic mass is 35.5. The van der Waals surface area contributed by atoms with E-state index in [0.29, 0.717) is 33.0 Å². The third kappa shape index (κ3) is 2.38. The van der Waals surface area contributed by atoms with Crippen molar-refractivity contribution in [1.29, 1.82) is 0 Å². The van der Waals surface area contributed by atoms with E-state index in [-0.39, 0.29) is 11.7 Å². The Morgan fingerprint density at radius 2 is 1.95 bits per heavy atom. The zero-order valence-electron chi connectivity index (χ0n) is 11.2. The minimum absolute atomic E-state index is 0.152. The summed E-state index contributed by atoms with van der Waals surface area (Å²) in [7, 11) is 0. The van der Waals surface area contributed by atoms with Crippen molar-refractivity contribution in [3.8, 4) is 22.4 Å². The molecule has 0 aliphatic rings. The Labute approximate surface area is 126 Å². The first-order valence-electron chi connectivity index (χ1n) is 6.34. The first-order valence-corrected chi connectivity index (χ1v) is 6.72. The molecule has 0 spiro atoms. The standard InChI is InChI=1S/C16H12ClFN2O/c1-9-6-7-10(8-13(9)18)15-14(16(19)21-20-15)11-4-2-3-5-12(11)17/h2-8H,19H2,1H3. The normalized spacial score (nSPS) is 10.8. The van der Waals surface area contributed by atoms with Gasteiger partial charge in [0.15, 0.2) is 0 Å². The van der Waals surface area contributed by atoms with Crippen LogP contribution in [0, 0.1) is 12.7 Å². The van der Waals surface area contributed by atoms with Crippen LogP contribution in [0.3, 0.4) is 0 Å². The fraction of sp³-hybridized carbons (Fsp3) is 0.0625. The van der Waals surface area contributed by atoms with Gasteiger partial charge in [0.2, 0.25) is 5.88 Å². The molecule has 0 unspecified atom stereocenters. The molecule has 1 heterocycles. The van der Waals surface area contributed by atoms with Crippen molar-refractivity contribution in [2.45, 2.75) is 6.92 Å². The van der Waals surface area contributed by atoms with Crippen LogP contribution in [0.1, 0.15) is 5.56 Å². The molecule has 0 bridgehead atoms. The zero-order chi connectivity index (χ0) is 15.0. The Morgan fingerprint density at radius 3 is 2.67 bits per heavy atom. The lowest BCUT2D eigenvalue weighted by Gasteiger charge is -2.06. The van der Waals surface area contributed by atoms with E-state index in [4.69, 9.17) is 21.9 Å². The Morgan fingerprint density at radius 1 is 1.19 bits per heavy atom. The number of nitrogen functional groups attached to an aromatic ring is 1. The van der Waals surface area contributed by atoms with E-state index in [1.807, 2.05) is 18.2 Å². The third-order valence-corrected chi connectivity index (χ3v) is 3.64. The molecule has 0 atom stereocenters. The summed E-state index contributed by atoms with van der Waals surface area (Å²) < 4.78 is 18.8. The lowest BCUT2D eigenvalue weighted by Crippen LogP contribution is -1.90. The topological polar surface area (TPSA) is 52.0 Å². The minimum atomic E-state index is -0.306. The minimum Gasteiger partial charge on any atom is -0.367 e. The molecule has 0 aliphatic heterocycles. The van der Waals surface area contributed by atoms with Crippen LogP contribution in [0.4, 0.5) is 10.3 Å². The Hall–Kier alpha value is -2.33. The van der Waals surface area contributed by atoms with E-state index in [0.717, 1.165) is 0 Å². The van der Waals surface area contributed by atoms with Gasteiger partial charge in [-0.2, -0.15) is 0 Å². The maximum Gasteiger partial charge on any atom is 0.230 e. The predicted molar refractivity (Wildman–Crippen MR) is 81.5 cm³/mol. The second kappa shape index (κ2) is 5.22. The zero-order valence-corrected chi connectivity index (χ0v) is 12.0. The molecule has 1 aromatic heterocycles. The van der Waals surface area contributed by atoms with Crippen LogP contribution in [-0.2, 0) is 0 Å². The molecule has 2 N–H and O–H groups in total. The number of rotatable bonds is 2. The lowest BCUT2D eigenvalue weighted by atomic mass is 10.00. The van der Waals surface area contributed by atoms with Crippen molar-refractivity contribution in [2.24, 2.45) is 0 Å². The van der Waals surface area contributed by atoms with Gasteiger partial charge in [0.05, 0.1) is 5.56 Å². The van der Waals surface area contributed by atoms with Gasteiger partial charge in [-0.05, 0) is 24.6 Å². The fourth-order valence-electron chi connectivity index (χ4n) is 2.16. The number of hydrogen-bond acceptors (Lipinski definition) is 3. The van der Waals surface area contributed by atoms with Gasteiger partial charge in [0, 0.05) is 16.1 Å². The third-order valence-electron chi connectivity index (χ3n) is 3.31. The van der Waals surface area contributed by atoms with Crippen molar-refractivity contribution >= 4 is 17.5 Å². The SMILES string of the molecule is Cc1ccc(-c2noc(N)c2-c2ccccc2Cl)cc1F. The highest BCUT2D eigenvalue weighted by molar-refractivity contribution is 6.33. The fourth-order valence-corrected chi connectivity index (χ4v) is 2.39. The van der Waals surface area contributed by atoms with E-state index in [9.17, 15) is 4.39 Å². The van der Waals surface area contributed by atoms with Gasteiger partial charge in [0.25, 0.3) is 0 Å². The van der Waals surface area contributed by atoms with Crippen LogP contribution in [-0.4, -0.2) is 5.16 Å². The molecule has 0 fully saturated rings. The van der Waals surface area contributed by atoms with Gasteiger partial charge in [-0.15, -0.1) is 0 Å². The number of aromatic nitrogens is 1. The van der Waals surface area contributed by atoms with Gasteiger partial charge in [-0.3, -0.25) is 0 Å². The average molecular weight is 303 g/mol. The molecular formula is C16H12ClFN2O. The molecule has 0 saturated heterocycles. The molecule has 3 nitrogen and oxygen atoms in total. The first-order chi connectivity index (χ1) is 10.1. The molecule has 0 amide bonds. The lowest BCUT2D eigenvalue weighted by molar-refractivity contribution is 0.439. The molecule has 5 heteroatoms. The van der Waals surface area contributed by atoms with Crippen molar-refractivity contribution in [2.75, 3.05) is 5.73 Å². The van der Waals surface area contributed by atoms with Crippen molar-refractivity contribution in [3.63, 3.8) is 0 Å². The summed E-state index contributed by atoms with van der Waals surface area (Å²) in [6.07, 6.45) is 0. The number of anilines is 1. The summed E-state index contributed by atoms with van der Waals surface area (Å²) in [5, 5.41) is 4.48. The van der Waals surface area contributed by atoms with E-state index >= 15 is 0 Å². The molecule has 0 aliphatic carbocycles. The number of halogens is 2. The number of benzene rings is 2. The van der Waals surface area contributed by atoms with Gasteiger partial charge in [-0.1, -0.05) is 47.1 Å². The van der Waals surface area contributed by atoms with E-state index in [2.05, 4.69) is 5.16 Å². The number of nitrogens with zero attached hydrogens (tertiary/aromatic N) is 1. The van der Waals surface area contributed by atoms with Crippen LogP contribution in [0.15, 0.2) is 47.0 Å². The summed E-state index contributed by atoms with van der Waals surface area (Å²) in [5.41, 5.74) is 8.77. The number of hydrogen-bond donors (Lipinski definition) is 1. The first kappa shape index (κ1) is 13.6. The Kier molecular flexibility index (Phi) is 3.39. The van der Waals surface area contributed by atoms with Gasteiger partial charge < -0.3 is 10.3 Å². The van der Waals surface area contributed by atoms with Crippen LogP contribution in [0.5, 0.6) is 0 Å². The van der Waals surface area contributed by atoms with Crippen LogP contribution in [0.25, 0.3) is 22.4 Å². The monoisotopic (exact) mass is 302 g/mol. The van der Waals surface area contributed by atoms with E-state index < -0.39 is 0 Å². The summed E-state index contributed by atoms with van der Waals surface area (Å²) in [6, 6.07) is 12.1. The molecule has 106 valence electrons. The molecular weight excluding hydrogens is 291 g/mol. The number of nitrogens with two attached hydrogens (primary N) is 1. The van der Waals surface area contributed by atoms with E-state index in [1.165, 1.54) is 6.07 Å². The Bertz CT molecular complexity index is 814. The van der Waals surface area contributed by atoms with E-state index in [1.54, 1.807) is 25.1 Å². The highest BCUT2D eigenvalue weighted by Gasteiger charge is 2.19. The van der Waals surface area contributed by atoms with Gasteiger partial charge >= 0.3 is 0 Å². The molecule has 3 aromatic rings. The average Bonchev–Trinajstić information content (AvgIpc) is 2.84. The quantitative estimate of drug-likeness (QED) is 0.747. The van der Waals surface area contributed by atoms with Gasteiger partial charge in [0.1, 0.15) is 11.5 Å². The molecule has 0 saturated carbocycles. The van der Waals surface area contributed by atoms with Crippen molar-refractivity contribution in [1.82, 2.24) is 5.16 Å². The number of aryl methyl sites for hydroxylation is 1. The smallest absolute Gasteiger partial charge is 0.230 e.